The number of ether oxygens (including phenoxy) is 1. The molecule has 0 spiro atoms. The second kappa shape index (κ2) is 8.21. The van der Waals surface area contributed by atoms with Crippen LogP contribution in [0.3, 0.4) is 0 Å². The maximum atomic E-state index is 11.8. The molecule has 1 heterocycles. The topological polar surface area (TPSA) is 58.6 Å². The molecule has 1 unspecified atom stereocenters. The van der Waals surface area contributed by atoms with Crippen LogP contribution >= 0.6 is 0 Å². The minimum atomic E-state index is -0.326. The van der Waals surface area contributed by atoms with Gasteiger partial charge in [0.25, 0.3) is 0 Å². The molecule has 5 heteroatoms. The highest BCUT2D eigenvalue weighted by Crippen LogP contribution is 2.12. The van der Waals surface area contributed by atoms with Crippen LogP contribution in [-0.4, -0.2) is 49.1 Å². The minimum Gasteiger partial charge on any atom is -0.381 e. The molecule has 2 amide bonds. The Morgan fingerprint density at radius 1 is 1.28 bits per heavy atom. The summed E-state index contributed by atoms with van der Waals surface area (Å²) in [6.45, 7) is 6.65. The Hall–Kier alpha value is -0.940. The van der Waals surface area contributed by atoms with Crippen molar-refractivity contribution in [3.05, 3.63) is 0 Å². The highest BCUT2D eigenvalue weighted by atomic mass is 16.5. The van der Waals surface area contributed by atoms with Crippen molar-refractivity contribution in [2.24, 2.45) is 0 Å². The molecule has 104 valence electrons. The van der Waals surface area contributed by atoms with Crippen LogP contribution in [0.25, 0.3) is 0 Å². The largest absolute Gasteiger partial charge is 0.381 e. The first kappa shape index (κ1) is 15.1. The molecule has 0 radical (unpaired) electrons. The van der Waals surface area contributed by atoms with E-state index in [9.17, 15) is 9.59 Å². The Balaban J connectivity index is 2.10. The zero-order valence-corrected chi connectivity index (χ0v) is 11.4. The smallest absolute Gasteiger partial charge is 0.246 e. The van der Waals surface area contributed by atoms with Gasteiger partial charge < -0.3 is 10.1 Å². The van der Waals surface area contributed by atoms with Gasteiger partial charge in [-0.05, 0) is 26.3 Å². The number of amides is 2. The van der Waals surface area contributed by atoms with E-state index in [1.54, 1.807) is 0 Å². The van der Waals surface area contributed by atoms with Crippen LogP contribution < -0.4 is 5.32 Å². The van der Waals surface area contributed by atoms with Gasteiger partial charge in [-0.15, -0.1) is 0 Å². The van der Waals surface area contributed by atoms with Crippen molar-refractivity contribution in [3.63, 3.8) is 0 Å². The molecule has 1 N–H and O–H groups in total. The first-order chi connectivity index (χ1) is 8.70. The molecule has 1 aliphatic heterocycles. The van der Waals surface area contributed by atoms with E-state index in [0.717, 1.165) is 25.9 Å². The molecule has 0 aliphatic carbocycles. The van der Waals surface area contributed by atoms with Gasteiger partial charge in [-0.3, -0.25) is 14.5 Å². The molecule has 0 bridgehead atoms. The molecular weight excluding hydrogens is 232 g/mol. The van der Waals surface area contributed by atoms with Crippen molar-refractivity contribution in [2.45, 2.75) is 45.6 Å². The number of nitrogens with zero attached hydrogens (tertiary/aromatic N) is 1. The van der Waals surface area contributed by atoms with Gasteiger partial charge in [-0.25, -0.2) is 0 Å². The van der Waals surface area contributed by atoms with Crippen LogP contribution in [0, 0.1) is 0 Å². The predicted octanol–water partition coefficient (Wildman–Crippen LogP) is 0.930. The van der Waals surface area contributed by atoms with Gasteiger partial charge in [0, 0.05) is 19.8 Å². The van der Waals surface area contributed by atoms with Gasteiger partial charge in [0.15, 0.2) is 0 Å². The molecule has 1 atom stereocenters. The van der Waals surface area contributed by atoms with Crippen molar-refractivity contribution in [2.75, 3.05) is 26.3 Å². The van der Waals surface area contributed by atoms with Crippen LogP contribution in [0.4, 0.5) is 0 Å². The first-order valence-electron chi connectivity index (χ1n) is 6.86. The number of carbonyl (C=O) groups is 2. The van der Waals surface area contributed by atoms with E-state index in [1.807, 2.05) is 6.92 Å². The summed E-state index contributed by atoms with van der Waals surface area (Å²) in [6.07, 6.45) is 3.40. The van der Waals surface area contributed by atoms with E-state index < -0.39 is 0 Å². The number of carbonyl (C=O) groups excluding carboxylic acids is 2. The number of rotatable bonds is 9. The number of hydrogen-bond donors (Lipinski definition) is 1. The molecule has 1 aliphatic rings. The summed E-state index contributed by atoms with van der Waals surface area (Å²) in [7, 11) is 0. The number of nitrogens with one attached hydrogen (secondary N) is 1. The average molecular weight is 256 g/mol. The van der Waals surface area contributed by atoms with Crippen LogP contribution in [0.5, 0.6) is 0 Å². The number of hydrogen-bond acceptors (Lipinski definition) is 4. The quantitative estimate of drug-likeness (QED) is 0.492. The van der Waals surface area contributed by atoms with Crippen molar-refractivity contribution >= 4 is 11.8 Å². The van der Waals surface area contributed by atoms with Crippen LogP contribution in [0.1, 0.15) is 39.5 Å². The summed E-state index contributed by atoms with van der Waals surface area (Å²) < 4.78 is 5.43. The van der Waals surface area contributed by atoms with Crippen molar-refractivity contribution in [3.8, 4) is 0 Å². The maximum absolute atomic E-state index is 11.8. The fourth-order valence-electron chi connectivity index (χ4n) is 1.97. The molecule has 1 saturated heterocycles. The zero-order valence-electron chi connectivity index (χ0n) is 11.4. The molecule has 0 aromatic rings. The average Bonchev–Trinajstić information content (AvgIpc) is 2.63. The third kappa shape index (κ3) is 4.38. The van der Waals surface area contributed by atoms with Crippen LogP contribution in [0.15, 0.2) is 0 Å². The monoisotopic (exact) mass is 256 g/mol. The first-order valence-corrected chi connectivity index (χ1v) is 6.86. The van der Waals surface area contributed by atoms with E-state index in [0.29, 0.717) is 26.1 Å². The lowest BCUT2D eigenvalue weighted by atomic mass is 10.2. The van der Waals surface area contributed by atoms with Gasteiger partial charge in [-0.2, -0.15) is 0 Å². The lowest BCUT2D eigenvalue weighted by molar-refractivity contribution is -0.138. The standard InChI is InChI=1S/C13H24N2O3/c1-3-5-8-18-9-6-7-14-11-10-12(16)15(4-2)13(11)17/h11,14H,3-10H2,1-2H3. The van der Waals surface area contributed by atoms with Crippen molar-refractivity contribution in [1.29, 1.82) is 0 Å². The summed E-state index contributed by atoms with van der Waals surface area (Å²) in [4.78, 5) is 24.6. The summed E-state index contributed by atoms with van der Waals surface area (Å²) in [5.74, 6) is -0.159. The Labute approximate surface area is 109 Å². The molecule has 5 nitrogen and oxygen atoms in total. The molecule has 0 aromatic carbocycles. The number of likely N-dealkylation sites (tertiary alicyclic amines) is 1. The number of likely N-dealkylation sites (N-methyl/N-ethyl adjacent to an activating group) is 1. The number of unbranched alkanes of at least 4 members (excludes halogenated alkanes) is 1. The maximum Gasteiger partial charge on any atom is 0.246 e. The Morgan fingerprint density at radius 2 is 2.00 bits per heavy atom. The Kier molecular flexibility index (Phi) is 6.90. The second-order valence-corrected chi connectivity index (χ2v) is 4.51. The van der Waals surface area contributed by atoms with E-state index in [-0.39, 0.29) is 17.9 Å². The van der Waals surface area contributed by atoms with Crippen molar-refractivity contribution < 1.29 is 14.3 Å². The van der Waals surface area contributed by atoms with Crippen molar-refractivity contribution in [1.82, 2.24) is 10.2 Å². The van der Waals surface area contributed by atoms with Gasteiger partial charge in [0.05, 0.1) is 12.5 Å². The minimum absolute atomic E-state index is 0.0702. The fraction of sp³-hybridized carbons (Fsp3) is 0.846. The van der Waals surface area contributed by atoms with Gasteiger partial charge in [-0.1, -0.05) is 13.3 Å². The van der Waals surface area contributed by atoms with E-state index >= 15 is 0 Å². The lowest BCUT2D eigenvalue weighted by Crippen LogP contribution is -2.39. The van der Waals surface area contributed by atoms with Gasteiger partial charge >= 0.3 is 0 Å². The second-order valence-electron chi connectivity index (χ2n) is 4.51. The molecule has 0 saturated carbocycles. The molecule has 1 fully saturated rings. The van der Waals surface area contributed by atoms with Crippen LogP contribution in [-0.2, 0) is 14.3 Å². The summed E-state index contributed by atoms with van der Waals surface area (Å²) >= 11 is 0. The third-order valence-corrected chi connectivity index (χ3v) is 3.06. The Bertz CT molecular complexity index is 281. The third-order valence-electron chi connectivity index (χ3n) is 3.06. The SMILES string of the molecule is CCCCOCCCNC1CC(=O)N(CC)C1=O. The van der Waals surface area contributed by atoms with E-state index in [1.165, 1.54) is 4.90 Å². The van der Waals surface area contributed by atoms with Crippen LogP contribution in [0.2, 0.25) is 0 Å². The van der Waals surface area contributed by atoms with Gasteiger partial charge in [0.2, 0.25) is 11.8 Å². The molecule has 0 aromatic heterocycles. The predicted molar refractivity (Wildman–Crippen MR) is 69.1 cm³/mol. The lowest BCUT2D eigenvalue weighted by Gasteiger charge is -2.13. The Morgan fingerprint density at radius 3 is 2.61 bits per heavy atom. The van der Waals surface area contributed by atoms with E-state index in [2.05, 4.69) is 12.2 Å². The highest BCUT2D eigenvalue weighted by molar-refractivity contribution is 6.05. The zero-order chi connectivity index (χ0) is 13.4. The normalized spacial score (nSPS) is 19.9. The highest BCUT2D eigenvalue weighted by Gasteiger charge is 2.36. The molecular formula is C13H24N2O3. The number of imide groups is 1. The fourth-order valence-corrected chi connectivity index (χ4v) is 1.97. The molecule has 18 heavy (non-hydrogen) atoms. The summed E-state index contributed by atoms with van der Waals surface area (Å²) in [5, 5.41) is 3.12. The summed E-state index contributed by atoms with van der Waals surface area (Å²) in [6, 6.07) is -0.326. The summed E-state index contributed by atoms with van der Waals surface area (Å²) in [5.41, 5.74) is 0. The molecule has 1 rings (SSSR count). The van der Waals surface area contributed by atoms with Gasteiger partial charge in [0.1, 0.15) is 0 Å². The van der Waals surface area contributed by atoms with E-state index in [4.69, 9.17) is 4.74 Å².